The Morgan fingerprint density at radius 3 is 2.69 bits per heavy atom. The van der Waals surface area contributed by atoms with E-state index < -0.39 is 29.1 Å². The first kappa shape index (κ1) is 24.6. The van der Waals surface area contributed by atoms with E-state index in [-0.39, 0.29) is 39.5 Å². The third-order valence-electron chi connectivity index (χ3n) is 6.40. The maximum Gasteiger partial charge on any atom is 0.294 e. The van der Waals surface area contributed by atoms with Gasteiger partial charge in [0.05, 0.1) is 28.1 Å². The molecule has 5 N–H and O–H groups in total. The number of fused-ring (bicyclic) bond motifs is 1. The summed E-state index contributed by atoms with van der Waals surface area (Å²) in [5.41, 5.74) is 5.13. The van der Waals surface area contributed by atoms with E-state index in [1.165, 1.54) is 25.5 Å². The minimum atomic E-state index is -3.57. The number of carbonyl (C=O) groups is 2. The number of amides is 2. The molecule has 0 atom stereocenters. The van der Waals surface area contributed by atoms with Crippen molar-refractivity contribution in [3.05, 3.63) is 58.7 Å². The summed E-state index contributed by atoms with van der Waals surface area (Å²) in [6.45, 7) is 7.57. The summed E-state index contributed by atoms with van der Waals surface area (Å²) >= 11 is 0. The molecule has 35 heavy (non-hydrogen) atoms. The number of rotatable bonds is 7. The van der Waals surface area contributed by atoms with Crippen LogP contribution in [0.15, 0.2) is 24.8 Å². The molecule has 186 valence electrons. The van der Waals surface area contributed by atoms with Crippen molar-refractivity contribution >= 4 is 34.8 Å². The van der Waals surface area contributed by atoms with Crippen molar-refractivity contribution < 1.29 is 22.8 Å². The van der Waals surface area contributed by atoms with Crippen LogP contribution in [0, 0.1) is 12.7 Å². The van der Waals surface area contributed by atoms with E-state index in [4.69, 9.17) is 5.73 Å². The van der Waals surface area contributed by atoms with Crippen LogP contribution in [-0.4, -0.2) is 47.9 Å². The Hall–Kier alpha value is -3.53. The lowest BCUT2D eigenvalue weighted by Gasteiger charge is -2.26. The van der Waals surface area contributed by atoms with E-state index in [1.807, 2.05) is 0 Å². The second-order valence-corrected chi connectivity index (χ2v) is 8.83. The maximum absolute atomic E-state index is 15.0. The van der Waals surface area contributed by atoms with E-state index in [0.717, 1.165) is 32.0 Å². The minimum absolute atomic E-state index is 0.0293. The molecule has 1 aromatic heterocycles. The first-order valence-electron chi connectivity index (χ1n) is 11.5. The number of hydrogen-bond acceptors (Lipinski definition) is 4. The smallest absolute Gasteiger partial charge is 0.294 e. The van der Waals surface area contributed by atoms with Crippen molar-refractivity contribution in [2.75, 3.05) is 37.2 Å². The maximum atomic E-state index is 15.0. The van der Waals surface area contributed by atoms with E-state index >= 15 is 8.78 Å². The number of halogens is 3. The molecule has 2 amide bonds. The lowest BCUT2D eigenvalue weighted by Crippen LogP contribution is -2.38. The number of anilines is 2. The Balaban J connectivity index is 1.68. The quantitative estimate of drug-likeness (QED) is 0.269. The Morgan fingerprint density at radius 2 is 2.00 bits per heavy atom. The van der Waals surface area contributed by atoms with E-state index in [9.17, 15) is 14.0 Å². The molecule has 2 aliphatic rings. The van der Waals surface area contributed by atoms with Crippen LogP contribution in [0.4, 0.5) is 24.5 Å². The number of benzene rings is 1. The summed E-state index contributed by atoms with van der Waals surface area (Å²) in [6.07, 6.45) is 5.04. The van der Waals surface area contributed by atoms with Crippen LogP contribution in [0.3, 0.4) is 0 Å². The van der Waals surface area contributed by atoms with Crippen molar-refractivity contribution in [1.82, 2.24) is 15.2 Å². The molecular formula is C25H28F3N5O2. The summed E-state index contributed by atoms with van der Waals surface area (Å²) < 4.78 is 44.2. The van der Waals surface area contributed by atoms with Gasteiger partial charge < -0.3 is 26.3 Å². The topological polar surface area (TPSA) is 103 Å². The summed E-state index contributed by atoms with van der Waals surface area (Å²) in [7, 11) is 0. The van der Waals surface area contributed by atoms with E-state index in [1.54, 1.807) is 0 Å². The van der Waals surface area contributed by atoms with Gasteiger partial charge in [-0.1, -0.05) is 13.0 Å². The molecule has 1 aromatic carbocycles. The van der Waals surface area contributed by atoms with Gasteiger partial charge in [0.25, 0.3) is 17.7 Å². The molecule has 0 aliphatic carbocycles. The number of aryl methyl sites for hydroxylation is 1. The molecule has 0 unspecified atom stereocenters. The number of nitrogens with two attached hydrogens (primary N) is 1. The highest BCUT2D eigenvalue weighted by Gasteiger charge is 2.38. The number of alkyl halides is 2. The summed E-state index contributed by atoms with van der Waals surface area (Å²) in [6, 6.07) is 2.34. The number of nitrogens with zero attached hydrogens (tertiary/aromatic N) is 1. The van der Waals surface area contributed by atoms with Crippen LogP contribution < -0.4 is 16.4 Å². The summed E-state index contributed by atoms with van der Waals surface area (Å²) in [5, 5.41) is 5.29. The SMILES string of the molecule is C=CC(F)(F)c1c(/C=C2\C(=O)Nc3cc(N)c(F)cc32)[nH]c(C)c1C(=O)NCCN1CCCCC1. The van der Waals surface area contributed by atoms with Gasteiger partial charge in [0.15, 0.2) is 0 Å². The van der Waals surface area contributed by atoms with Crippen LogP contribution in [0.1, 0.15) is 52.1 Å². The van der Waals surface area contributed by atoms with Crippen molar-refractivity contribution in [3.63, 3.8) is 0 Å². The molecule has 2 aromatic rings. The molecule has 0 radical (unpaired) electrons. The van der Waals surface area contributed by atoms with Crippen LogP contribution in [0.25, 0.3) is 11.6 Å². The summed E-state index contributed by atoms with van der Waals surface area (Å²) in [4.78, 5) is 30.6. The molecule has 2 aliphatic heterocycles. The van der Waals surface area contributed by atoms with Gasteiger partial charge in [0.2, 0.25) is 0 Å². The minimum Gasteiger partial charge on any atom is -0.396 e. The predicted molar refractivity (Wildman–Crippen MR) is 130 cm³/mol. The highest BCUT2D eigenvalue weighted by Crippen LogP contribution is 2.40. The van der Waals surface area contributed by atoms with Gasteiger partial charge in [-0.25, -0.2) is 4.39 Å². The lowest BCUT2D eigenvalue weighted by atomic mass is 9.98. The average molecular weight is 488 g/mol. The van der Waals surface area contributed by atoms with Gasteiger partial charge in [-0.05, 0) is 57.1 Å². The van der Waals surface area contributed by atoms with Gasteiger partial charge in [0, 0.05) is 30.0 Å². The Labute approximate surface area is 201 Å². The number of allylic oxidation sites excluding steroid dienone is 1. The number of nitrogens with one attached hydrogen (secondary N) is 3. The zero-order valence-electron chi connectivity index (χ0n) is 19.4. The van der Waals surface area contributed by atoms with Gasteiger partial charge in [-0.2, -0.15) is 8.78 Å². The molecule has 7 nitrogen and oxygen atoms in total. The first-order valence-corrected chi connectivity index (χ1v) is 11.5. The molecule has 4 rings (SSSR count). The van der Waals surface area contributed by atoms with E-state index in [2.05, 4.69) is 27.1 Å². The van der Waals surface area contributed by atoms with Crippen LogP contribution in [0.5, 0.6) is 0 Å². The average Bonchev–Trinajstić information content (AvgIpc) is 3.31. The molecule has 3 heterocycles. The standard InChI is InChI=1S/C25H28F3N5O2/c1-3-25(27,28)22-20(12-16-15-11-17(26)18(29)13-19(15)32-23(16)34)31-14(2)21(22)24(35)30-7-10-33-8-5-4-6-9-33/h3,11-13,31H,1,4-10,29H2,2H3,(H,30,35)(H,32,34)/b16-12-. The largest absolute Gasteiger partial charge is 0.396 e. The first-order chi connectivity index (χ1) is 16.6. The third-order valence-corrected chi connectivity index (χ3v) is 6.40. The number of hydrogen-bond donors (Lipinski definition) is 4. The fourth-order valence-corrected chi connectivity index (χ4v) is 4.60. The number of likely N-dealkylation sites (tertiary alicyclic amines) is 1. The number of carbonyl (C=O) groups excluding carboxylic acids is 2. The Morgan fingerprint density at radius 1 is 1.29 bits per heavy atom. The molecule has 0 spiro atoms. The third kappa shape index (κ3) is 4.84. The second kappa shape index (κ2) is 9.61. The predicted octanol–water partition coefficient (Wildman–Crippen LogP) is 4.03. The molecular weight excluding hydrogens is 459 g/mol. The van der Waals surface area contributed by atoms with Crippen molar-refractivity contribution in [3.8, 4) is 0 Å². The zero-order valence-corrected chi connectivity index (χ0v) is 19.4. The Bertz CT molecular complexity index is 1210. The van der Waals surface area contributed by atoms with Gasteiger partial charge in [-0.15, -0.1) is 0 Å². The molecule has 0 saturated carbocycles. The van der Waals surface area contributed by atoms with Crippen LogP contribution in [-0.2, 0) is 10.7 Å². The number of aromatic nitrogens is 1. The van der Waals surface area contributed by atoms with Crippen LogP contribution in [0.2, 0.25) is 0 Å². The second-order valence-electron chi connectivity index (χ2n) is 8.83. The molecule has 0 bridgehead atoms. The number of piperidine rings is 1. The van der Waals surface area contributed by atoms with Gasteiger partial charge in [0.1, 0.15) is 5.82 Å². The normalized spacial score (nSPS) is 17.4. The highest BCUT2D eigenvalue weighted by molar-refractivity contribution is 6.35. The lowest BCUT2D eigenvalue weighted by molar-refractivity contribution is -0.110. The van der Waals surface area contributed by atoms with E-state index in [0.29, 0.717) is 19.2 Å². The summed E-state index contributed by atoms with van der Waals surface area (Å²) in [5.74, 6) is -5.55. The highest BCUT2D eigenvalue weighted by atomic mass is 19.3. The van der Waals surface area contributed by atoms with Crippen molar-refractivity contribution in [2.24, 2.45) is 0 Å². The van der Waals surface area contributed by atoms with Crippen molar-refractivity contribution in [1.29, 1.82) is 0 Å². The zero-order chi connectivity index (χ0) is 25.3. The number of H-pyrrole nitrogens is 1. The van der Waals surface area contributed by atoms with Crippen molar-refractivity contribution in [2.45, 2.75) is 32.1 Å². The van der Waals surface area contributed by atoms with Crippen LogP contribution >= 0.6 is 0 Å². The number of nitrogen functional groups attached to an aromatic ring is 1. The molecule has 1 saturated heterocycles. The number of aromatic amines is 1. The monoisotopic (exact) mass is 487 g/mol. The molecule has 1 fully saturated rings. The Kier molecular flexibility index (Phi) is 6.75. The van der Waals surface area contributed by atoms with Gasteiger partial charge >= 0.3 is 0 Å². The van der Waals surface area contributed by atoms with Gasteiger partial charge in [-0.3, -0.25) is 9.59 Å². The fraction of sp³-hybridized carbons (Fsp3) is 0.360. The fourth-order valence-electron chi connectivity index (χ4n) is 4.60. The molecule has 10 heteroatoms.